The summed E-state index contributed by atoms with van der Waals surface area (Å²) in [5, 5.41) is 27.1. The van der Waals surface area contributed by atoms with Gasteiger partial charge in [0.2, 0.25) is 0 Å². The standard InChI is InChI=1S/C14H11N7O2/c1-7-9(14(22)23)5-21-12(7)13(15-6-16-21)17-8-2-3-10-11(4-8)19-20-18-10/h2-6H,1H3,(H,22,23)(H,15,16,17)(H,18,19,20). The molecule has 0 radical (unpaired) electrons. The highest BCUT2D eigenvalue weighted by Crippen LogP contribution is 2.26. The first-order valence-corrected chi connectivity index (χ1v) is 6.77. The van der Waals surface area contributed by atoms with Crippen LogP contribution >= 0.6 is 0 Å². The van der Waals surface area contributed by atoms with Crippen molar-refractivity contribution in [2.24, 2.45) is 0 Å². The summed E-state index contributed by atoms with van der Waals surface area (Å²) in [6.07, 6.45) is 2.84. The summed E-state index contributed by atoms with van der Waals surface area (Å²) in [6, 6.07) is 5.50. The van der Waals surface area contributed by atoms with Crippen LogP contribution in [0.25, 0.3) is 16.6 Å². The van der Waals surface area contributed by atoms with Gasteiger partial charge < -0.3 is 10.4 Å². The number of carboxylic acid groups (broad SMARTS) is 1. The maximum Gasteiger partial charge on any atom is 0.337 e. The molecular weight excluding hydrogens is 298 g/mol. The van der Waals surface area contributed by atoms with Crippen molar-refractivity contribution in [3.05, 3.63) is 41.9 Å². The summed E-state index contributed by atoms with van der Waals surface area (Å²) in [7, 11) is 0. The van der Waals surface area contributed by atoms with Crippen LogP contribution in [-0.4, -0.2) is 41.1 Å². The Bertz CT molecular complexity index is 1050. The van der Waals surface area contributed by atoms with Crippen molar-refractivity contribution in [3.8, 4) is 0 Å². The van der Waals surface area contributed by atoms with Gasteiger partial charge in [-0.15, -0.1) is 0 Å². The number of nitrogens with zero attached hydrogens (tertiary/aromatic N) is 5. The lowest BCUT2D eigenvalue weighted by Gasteiger charge is -2.07. The first-order valence-electron chi connectivity index (χ1n) is 6.77. The second-order valence-electron chi connectivity index (χ2n) is 5.03. The van der Waals surface area contributed by atoms with E-state index in [1.807, 2.05) is 18.2 Å². The number of nitrogens with one attached hydrogen (secondary N) is 2. The molecule has 0 bridgehead atoms. The van der Waals surface area contributed by atoms with Crippen LogP contribution in [0, 0.1) is 6.92 Å². The van der Waals surface area contributed by atoms with E-state index in [4.69, 9.17) is 0 Å². The van der Waals surface area contributed by atoms with Gasteiger partial charge >= 0.3 is 5.97 Å². The fourth-order valence-corrected chi connectivity index (χ4v) is 2.52. The number of H-pyrrole nitrogens is 1. The van der Waals surface area contributed by atoms with E-state index >= 15 is 0 Å². The molecule has 0 aliphatic heterocycles. The van der Waals surface area contributed by atoms with Crippen molar-refractivity contribution in [2.45, 2.75) is 6.92 Å². The Kier molecular flexibility index (Phi) is 2.73. The Labute approximate surface area is 129 Å². The minimum absolute atomic E-state index is 0.195. The number of carbonyl (C=O) groups is 1. The van der Waals surface area contributed by atoms with Crippen molar-refractivity contribution < 1.29 is 9.90 Å². The van der Waals surface area contributed by atoms with E-state index in [0.717, 1.165) is 16.7 Å². The summed E-state index contributed by atoms with van der Waals surface area (Å²) in [6.45, 7) is 1.73. The Hall–Kier alpha value is -3.49. The van der Waals surface area contributed by atoms with E-state index in [-0.39, 0.29) is 5.56 Å². The third kappa shape index (κ3) is 2.06. The molecule has 1 aromatic carbocycles. The first-order chi connectivity index (χ1) is 11.1. The molecule has 0 aliphatic rings. The van der Waals surface area contributed by atoms with Crippen molar-refractivity contribution in [2.75, 3.05) is 5.32 Å². The van der Waals surface area contributed by atoms with E-state index < -0.39 is 5.97 Å². The summed E-state index contributed by atoms with van der Waals surface area (Å²) in [5.41, 5.74) is 3.66. The molecule has 114 valence electrons. The smallest absolute Gasteiger partial charge is 0.337 e. The van der Waals surface area contributed by atoms with Crippen LogP contribution in [0.3, 0.4) is 0 Å². The topological polar surface area (TPSA) is 121 Å². The van der Waals surface area contributed by atoms with E-state index in [0.29, 0.717) is 16.9 Å². The predicted octanol–water partition coefficient (Wildman–Crippen LogP) is 1.75. The van der Waals surface area contributed by atoms with Crippen LogP contribution in [0.15, 0.2) is 30.7 Å². The number of aromatic carboxylic acids is 1. The maximum absolute atomic E-state index is 11.3. The molecule has 0 spiro atoms. The lowest BCUT2D eigenvalue weighted by Crippen LogP contribution is -2.00. The van der Waals surface area contributed by atoms with Gasteiger partial charge in [0.05, 0.1) is 5.56 Å². The molecular formula is C14H11N7O2. The fraction of sp³-hybridized carbons (Fsp3) is 0.0714. The predicted molar refractivity (Wildman–Crippen MR) is 81.9 cm³/mol. The van der Waals surface area contributed by atoms with Crippen molar-refractivity contribution in [1.82, 2.24) is 30.0 Å². The highest BCUT2D eigenvalue weighted by Gasteiger charge is 2.17. The molecule has 3 aromatic heterocycles. The van der Waals surface area contributed by atoms with Crippen molar-refractivity contribution in [1.29, 1.82) is 0 Å². The molecule has 0 unspecified atom stereocenters. The Balaban J connectivity index is 1.83. The number of benzene rings is 1. The number of aromatic nitrogens is 6. The molecule has 0 fully saturated rings. The molecule has 0 atom stereocenters. The number of aromatic amines is 1. The number of hydrogen-bond donors (Lipinski definition) is 3. The number of hydrogen-bond acceptors (Lipinski definition) is 6. The van der Waals surface area contributed by atoms with Crippen LogP contribution in [0.5, 0.6) is 0 Å². The lowest BCUT2D eigenvalue weighted by molar-refractivity contribution is 0.0696. The highest BCUT2D eigenvalue weighted by atomic mass is 16.4. The molecule has 3 heterocycles. The third-order valence-corrected chi connectivity index (χ3v) is 3.64. The van der Waals surface area contributed by atoms with Gasteiger partial charge in [-0.05, 0) is 30.7 Å². The lowest BCUT2D eigenvalue weighted by atomic mass is 10.2. The summed E-state index contributed by atoms with van der Waals surface area (Å²) in [4.78, 5) is 15.5. The Morgan fingerprint density at radius 3 is 2.96 bits per heavy atom. The van der Waals surface area contributed by atoms with E-state index in [1.54, 1.807) is 6.92 Å². The zero-order valence-corrected chi connectivity index (χ0v) is 12.0. The minimum Gasteiger partial charge on any atom is -0.478 e. The Morgan fingerprint density at radius 1 is 1.30 bits per heavy atom. The maximum atomic E-state index is 11.3. The van der Waals surface area contributed by atoms with Gasteiger partial charge in [-0.25, -0.2) is 14.3 Å². The van der Waals surface area contributed by atoms with E-state index in [1.165, 1.54) is 17.0 Å². The molecule has 4 aromatic rings. The van der Waals surface area contributed by atoms with Crippen molar-refractivity contribution >= 4 is 34.0 Å². The number of rotatable bonds is 3. The largest absolute Gasteiger partial charge is 0.478 e. The second-order valence-corrected chi connectivity index (χ2v) is 5.03. The molecule has 23 heavy (non-hydrogen) atoms. The molecule has 9 heteroatoms. The average Bonchev–Trinajstić information content (AvgIpc) is 3.12. The van der Waals surface area contributed by atoms with E-state index in [2.05, 4.69) is 30.8 Å². The quantitative estimate of drug-likeness (QED) is 0.527. The second kappa shape index (κ2) is 4.77. The normalized spacial score (nSPS) is 11.2. The van der Waals surface area contributed by atoms with Gasteiger partial charge in [-0.3, -0.25) is 0 Å². The van der Waals surface area contributed by atoms with Crippen LogP contribution in [0.2, 0.25) is 0 Å². The van der Waals surface area contributed by atoms with Gasteiger partial charge in [0, 0.05) is 11.9 Å². The minimum atomic E-state index is -0.997. The SMILES string of the molecule is Cc1c(C(=O)O)cn2ncnc(Nc3ccc4n[nH]nc4c3)c12. The summed E-state index contributed by atoms with van der Waals surface area (Å²) in [5.74, 6) is -0.476. The van der Waals surface area contributed by atoms with Crippen LogP contribution in [-0.2, 0) is 0 Å². The van der Waals surface area contributed by atoms with Gasteiger partial charge in [0.25, 0.3) is 0 Å². The molecule has 9 nitrogen and oxygen atoms in total. The number of fused-ring (bicyclic) bond motifs is 2. The van der Waals surface area contributed by atoms with Gasteiger partial charge in [-0.1, -0.05) is 0 Å². The van der Waals surface area contributed by atoms with Gasteiger partial charge in [0.1, 0.15) is 22.9 Å². The first kappa shape index (κ1) is 13.2. The van der Waals surface area contributed by atoms with E-state index in [9.17, 15) is 9.90 Å². The molecule has 3 N–H and O–H groups in total. The zero-order chi connectivity index (χ0) is 16.0. The monoisotopic (exact) mass is 309 g/mol. The zero-order valence-electron chi connectivity index (χ0n) is 12.0. The van der Waals surface area contributed by atoms with Crippen LogP contribution in [0.1, 0.15) is 15.9 Å². The molecule has 0 saturated heterocycles. The van der Waals surface area contributed by atoms with Crippen molar-refractivity contribution in [3.63, 3.8) is 0 Å². The third-order valence-electron chi connectivity index (χ3n) is 3.64. The highest BCUT2D eigenvalue weighted by molar-refractivity contribution is 5.94. The van der Waals surface area contributed by atoms with Gasteiger partial charge in [-0.2, -0.15) is 20.5 Å². The van der Waals surface area contributed by atoms with Crippen LogP contribution in [0.4, 0.5) is 11.5 Å². The number of aryl methyl sites for hydroxylation is 1. The Morgan fingerprint density at radius 2 is 2.13 bits per heavy atom. The molecule has 0 amide bonds. The number of anilines is 2. The molecule has 0 saturated carbocycles. The molecule has 0 aliphatic carbocycles. The average molecular weight is 309 g/mol. The number of carboxylic acids is 1. The van der Waals surface area contributed by atoms with Crippen LogP contribution < -0.4 is 5.32 Å². The molecule has 4 rings (SSSR count). The fourth-order valence-electron chi connectivity index (χ4n) is 2.52. The van der Waals surface area contributed by atoms with Gasteiger partial charge in [0.15, 0.2) is 5.82 Å². The summed E-state index contributed by atoms with van der Waals surface area (Å²) < 4.78 is 1.50. The summed E-state index contributed by atoms with van der Waals surface area (Å²) >= 11 is 0.